The van der Waals surface area contributed by atoms with Crippen LogP contribution in [0.3, 0.4) is 0 Å². The molecule has 0 saturated carbocycles. The average molecular weight is 812 g/mol. The van der Waals surface area contributed by atoms with Crippen molar-refractivity contribution < 1.29 is 29.3 Å². The van der Waals surface area contributed by atoms with E-state index in [1.54, 1.807) is 24.4 Å². The van der Waals surface area contributed by atoms with Crippen LogP contribution in [0.25, 0.3) is 33.3 Å². The molecule has 12 heteroatoms. The second kappa shape index (κ2) is 20.4. The van der Waals surface area contributed by atoms with Gasteiger partial charge in [0.2, 0.25) is 0 Å². The van der Waals surface area contributed by atoms with E-state index >= 15 is 0 Å². The number of nitrogens with zero attached hydrogens (tertiary/aromatic N) is 3. The molecule has 0 aliphatic heterocycles. The first-order valence-corrected chi connectivity index (χ1v) is 19.8. The van der Waals surface area contributed by atoms with E-state index in [9.17, 15) is 14.9 Å². The minimum atomic E-state index is -0.842. The Bertz CT molecular complexity index is 2500. The van der Waals surface area contributed by atoms with Gasteiger partial charge in [-0.2, -0.15) is 5.26 Å². The van der Waals surface area contributed by atoms with Crippen LogP contribution in [0.1, 0.15) is 64.6 Å². The lowest BCUT2D eigenvalue weighted by Gasteiger charge is -2.18. The van der Waals surface area contributed by atoms with E-state index < -0.39 is 11.9 Å². The van der Waals surface area contributed by atoms with Gasteiger partial charge in [0.05, 0.1) is 21.8 Å². The molecule has 4 aromatic carbocycles. The molecule has 2 heterocycles. The lowest BCUT2D eigenvalue weighted by molar-refractivity contribution is -0.138. The average Bonchev–Trinajstić information content (AvgIpc) is 3.23. The molecular weight excluding hydrogens is 766 g/mol. The number of fused-ring (bicyclic) bond motifs is 1. The molecule has 0 radical (unpaired) electrons. The molecule has 0 fully saturated rings. The zero-order valence-corrected chi connectivity index (χ0v) is 33.8. The molecule has 59 heavy (non-hydrogen) atoms. The summed E-state index contributed by atoms with van der Waals surface area (Å²) in [7, 11) is 0. The van der Waals surface area contributed by atoms with Crippen LogP contribution in [-0.2, 0) is 35.9 Å². The van der Waals surface area contributed by atoms with Gasteiger partial charge in [-0.3, -0.25) is 14.6 Å². The third-order valence-electron chi connectivity index (χ3n) is 10.0. The molecule has 0 unspecified atom stereocenters. The first-order valence-electron chi connectivity index (χ1n) is 19.4. The van der Waals surface area contributed by atoms with Gasteiger partial charge in [0.15, 0.2) is 0 Å². The highest BCUT2D eigenvalue weighted by Gasteiger charge is 2.16. The number of pyridine rings is 2. The van der Waals surface area contributed by atoms with Crippen molar-refractivity contribution >= 4 is 34.4 Å². The zero-order chi connectivity index (χ0) is 41.7. The lowest BCUT2D eigenvalue weighted by Crippen LogP contribution is -2.16. The summed E-state index contributed by atoms with van der Waals surface area (Å²) in [4.78, 5) is 30.9. The second-order valence-electron chi connectivity index (χ2n) is 14.3. The Kier molecular flexibility index (Phi) is 14.6. The first kappa shape index (κ1) is 42.3. The molecule has 6 aromatic rings. The van der Waals surface area contributed by atoms with Crippen molar-refractivity contribution in [3.63, 3.8) is 0 Å². The maximum absolute atomic E-state index is 11.0. The van der Waals surface area contributed by atoms with Gasteiger partial charge < -0.3 is 30.3 Å². The number of ether oxygens (including phenoxy) is 2. The van der Waals surface area contributed by atoms with Gasteiger partial charge in [-0.1, -0.05) is 60.1 Å². The number of halogens is 1. The molecule has 0 atom stereocenters. The van der Waals surface area contributed by atoms with Gasteiger partial charge in [-0.25, -0.2) is 4.98 Å². The quantitative estimate of drug-likeness (QED) is 0.0543. The third kappa shape index (κ3) is 11.4. The molecule has 0 spiro atoms. The number of aromatic nitrogens is 2. The summed E-state index contributed by atoms with van der Waals surface area (Å²) in [6, 6.07) is 30.2. The van der Waals surface area contributed by atoms with Crippen molar-refractivity contribution in [2.24, 2.45) is 0 Å². The minimum Gasteiger partial charge on any atom is -0.488 e. The molecule has 0 bridgehead atoms. The Labute approximate surface area is 348 Å². The summed E-state index contributed by atoms with van der Waals surface area (Å²) in [5.74, 6) is -0.633. The van der Waals surface area contributed by atoms with E-state index in [0.717, 1.165) is 66.7 Å². The van der Waals surface area contributed by atoms with Gasteiger partial charge in [-0.05, 0) is 103 Å². The second-order valence-corrected chi connectivity index (χ2v) is 14.7. The van der Waals surface area contributed by atoms with Gasteiger partial charge in [0, 0.05) is 66.5 Å². The zero-order valence-electron chi connectivity index (χ0n) is 33.1. The van der Waals surface area contributed by atoms with E-state index in [1.165, 1.54) is 6.20 Å². The summed E-state index contributed by atoms with van der Waals surface area (Å²) in [6.45, 7) is 6.84. The number of carboxylic acids is 2. The molecule has 0 amide bonds. The number of hydrogen-bond acceptors (Lipinski definition) is 9. The molecule has 4 N–H and O–H groups in total. The third-order valence-corrected chi connectivity index (χ3v) is 10.3. The van der Waals surface area contributed by atoms with E-state index in [-0.39, 0.29) is 26.1 Å². The molecule has 0 aliphatic carbocycles. The van der Waals surface area contributed by atoms with E-state index in [0.29, 0.717) is 61.1 Å². The van der Waals surface area contributed by atoms with Crippen molar-refractivity contribution in [2.75, 3.05) is 13.1 Å². The van der Waals surface area contributed by atoms with Gasteiger partial charge in [-0.15, -0.1) is 0 Å². The summed E-state index contributed by atoms with van der Waals surface area (Å²) in [5.41, 5.74) is 11.2. The number of benzene rings is 4. The fraction of sp³-hybridized carbons (Fsp3) is 0.255. The maximum Gasteiger partial charge on any atom is 0.303 e. The first-order chi connectivity index (χ1) is 28.6. The van der Waals surface area contributed by atoms with Crippen molar-refractivity contribution in [3.8, 4) is 40.0 Å². The molecule has 11 nitrogen and oxygen atoms in total. The Morgan fingerprint density at radius 1 is 0.729 bits per heavy atom. The number of carboxylic acid groups (broad SMARTS) is 2. The predicted octanol–water partition coefficient (Wildman–Crippen LogP) is 9.17. The Morgan fingerprint density at radius 3 is 2.17 bits per heavy atom. The standard InChI is InChI=1S/C47H46ClN5O6/c1-30-36(29-59-45-22-44(58-28-34-19-33(23-49)25-52-26-34)37(21-41(45)48)27-51-18-6-12-47(56)57)7-3-8-38(30)39-9-4-10-40(31(39)2)43-16-14-35-20-32(13-15-42(35)53-43)24-50-17-5-11-46(54)55/h3-4,7-10,13-16,19-22,25-26,50-51H,5-6,11-12,17-18,24,27-29H2,1-2H3,(H,54,55)(H,56,57). The minimum absolute atomic E-state index is 0.0705. The van der Waals surface area contributed by atoms with Crippen LogP contribution in [0.2, 0.25) is 5.02 Å². The van der Waals surface area contributed by atoms with Crippen LogP contribution in [0.15, 0.2) is 97.3 Å². The highest BCUT2D eigenvalue weighted by Crippen LogP contribution is 2.37. The number of rotatable bonds is 20. The van der Waals surface area contributed by atoms with E-state index in [2.05, 4.69) is 84.1 Å². The number of aliphatic carboxylic acids is 2. The largest absolute Gasteiger partial charge is 0.488 e. The fourth-order valence-electron chi connectivity index (χ4n) is 6.86. The van der Waals surface area contributed by atoms with Crippen LogP contribution in [0.4, 0.5) is 0 Å². The van der Waals surface area contributed by atoms with Crippen LogP contribution in [0.5, 0.6) is 11.5 Å². The normalized spacial score (nSPS) is 11.0. The number of nitriles is 1. The van der Waals surface area contributed by atoms with E-state index in [4.69, 9.17) is 36.3 Å². The van der Waals surface area contributed by atoms with Crippen LogP contribution < -0.4 is 20.1 Å². The Morgan fingerprint density at radius 2 is 1.42 bits per heavy atom. The maximum atomic E-state index is 11.0. The topological polar surface area (TPSA) is 167 Å². The van der Waals surface area contributed by atoms with Gasteiger partial charge in [0.25, 0.3) is 0 Å². The molecular formula is C47H46ClN5O6. The highest BCUT2D eigenvalue weighted by molar-refractivity contribution is 6.32. The number of carbonyl (C=O) groups is 2. The fourth-order valence-corrected chi connectivity index (χ4v) is 7.10. The van der Waals surface area contributed by atoms with Gasteiger partial charge >= 0.3 is 11.9 Å². The lowest BCUT2D eigenvalue weighted by atomic mass is 9.90. The highest BCUT2D eigenvalue weighted by atomic mass is 35.5. The van der Waals surface area contributed by atoms with Crippen molar-refractivity contribution in [1.29, 1.82) is 5.26 Å². The Hall–Kier alpha value is -6.32. The summed E-state index contributed by atoms with van der Waals surface area (Å²) >= 11 is 6.80. The van der Waals surface area contributed by atoms with Gasteiger partial charge in [0.1, 0.15) is 30.8 Å². The SMILES string of the molecule is Cc1c(COc2cc(OCc3cncc(C#N)c3)c(CNCCCC(=O)O)cc2Cl)cccc1-c1cccc(-c2ccc3cc(CNCCCC(=O)O)ccc3n2)c1C. The van der Waals surface area contributed by atoms with Crippen molar-refractivity contribution in [1.82, 2.24) is 20.6 Å². The number of hydrogen-bond donors (Lipinski definition) is 4. The van der Waals surface area contributed by atoms with Crippen LogP contribution >= 0.6 is 11.6 Å². The molecule has 302 valence electrons. The predicted molar refractivity (Wildman–Crippen MR) is 228 cm³/mol. The van der Waals surface area contributed by atoms with Crippen molar-refractivity contribution in [2.45, 2.75) is 65.8 Å². The summed E-state index contributed by atoms with van der Waals surface area (Å²) < 4.78 is 12.6. The van der Waals surface area contributed by atoms with E-state index in [1.807, 2.05) is 18.2 Å². The monoisotopic (exact) mass is 811 g/mol. The number of nitrogens with one attached hydrogen (secondary N) is 2. The van der Waals surface area contributed by atoms with Crippen molar-refractivity contribution in [3.05, 3.63) is 141 Å². The Balaban J connectivity index is 1.18. The summed E-state index contributed by atoms with van der Waals surface area (Å²) in [5, 5.41) is 35.2. The molecule has 2 aromatic heterocycles. The smallest absolute Gasteiger partial charge is 0.303 e. The summed E-state index contributed by atoms with van der Waals surface area (Å²) in [6.07, 6.45) is 4.44. The molecule has 0 saturated heterocycles. The van der Waals surface area contributed by atoms with Crippen LogP contribution in [0, 0.1) is 25.2 Å². The molecule has 0 aliphatic rings. The van der Waals surface area contributed by atoms with Crippen LogP contribution in [-0.4, -0.2) is 45.2 Å². The molecule has 6 rings (SSSR count).